The maximum Gasteiger partial charge on any atom is 0.155 e. The van der Waals surface area contributed by atoms with Crippen LogP contribution in [0.1, 0.15) is 34.8 Å². The standard InChI is InChI=1S/C17H23ClN6/c1-11-8-12(2)24-16(20-11)9-14(22-24)6-5-7-19-10-15-13(3)21-23(4)17(15)18/h8-9,19H,5-7,10H2,1-4H3. The Bertz CT molecular complexity index is 864. The summed E-state index contributed by atoms with van der Waals surface area (Å²) in [6.45, 7) is 7.69. The Balaban J connectivity index is 1.53. The highest BCUT2D eigenvalue weighted by Crippen LogP contribution is 2.18. The van der Waals surface area contributed by atoms with Crippen molar-refractivity contribution in [3.63, 3.8) is 0 Å². The number of hydrogen-bond donors (Lipinski definition) is 1. The molecule has 0 saturated heterocycles. The average molecular weight is 347 g/mol. The number of hydrogen-bond acceptors (Lipinski definition) is 4. The second-order valence-electron chi connectivity index (χ2n) is 6.20. The first-order chi connectivity index (χ1) is 11.5. The summed E-state index contributed by atoms with van der Waals surface area (Å²) >= 11 is 6.24. The molecule has 24 heavy (non-hydrogen) atoms. The molecule has 3 aromatic rings. The Morgan fingerprint density at radius 2 is 1.96 bits per heavy atom. The van der Waals surface area contributed by atoms with Gasteiger partial charge in [-0.15, -0.1) is 0 Å². The predicted octanol–water partition coefficient (Wildman–Crippen LogP) is 2.76. The van der Waals surface area contributed by atoms with Crippen molar-refractivity contribution in [3.05, 3.63) is 45.6 Å². The van der Waals surface area contributed by atoms with Gasteiger partial charge in [-0.3, -0.25) is 4.68 Å². The van der Waals surface area contributed by atoms with Gasteiger partial charge in [0.15, 0.2) is 5.65 Å². The van der Waals surface area contributed by atoms with E-state index in [0.717, 1.165) is 59.9 Å². The van der Waals surface area contributed by atoms with Crippen LogP contribution in [0.3, 0.4) is 0 Å². The van der Waals surface area contributed by atoms with Crippen LogP contribution in [0.2, 0.25) is 5.15 Å². The third-order valence-corrected chi connectivity index (χ3v) is 4.61. The highest BCUT2D eigenvalue weighted by Gasteiger charge is 2.10. The van der Waals surface area contributed by atoms with Crippen LogP contribution >= 0.6 is 11.6 Å². The van der Waals surface area contributed by atoms with Gasteiger partial charge in [0.25, 0.3) is 0 Å². The van der Waals surface area contributed by atoms with Gasteiger partial charge in [-0.2, -0.15) is 10.2 Å². The first-order valence-electron chi connectivity index (χ1n) is 8.17. The molecular formula is C17H23ClN6. The molecule has 3 aromatic heterocycles. The van der Waals surface area contributed by atoms with Crippen LogP contribution in [0.4, 0.5) is 0 Å². The zero-order valence-electron chi connectivity index (χ0n) is 14.6. The third-order valence-electron chi connectivity index (χ3n) is 4.14. The number of halogens is 1. The molecule has 6 nitrogen and oxygen atoms in total. The van der Waals surface area contributed by atoms with E-state index in [1.54, 1.807) is 4.68 Å². The molecule has 0 saturated carbocycles. The van der Waals surface area contributed by atoms with Crippen LogP contribution in [0.5, 0.6) is 0 Å². The summed E-state index contributed by atoms with van der Waals surface area (Å²) in [5.74, 6) is 0. The molecule has 3 heterocycles. The van der Waals surface area contributed by atoms with Gasteiger partial charge in [-0.25, -0.2) is 9.50 Å². The Morgan fingerprint density at radius 1 is 1.17 bits per heavy atom. The lowest BCUT2D eigenvalue weighted by Crippen LogP contribution is -2.16. The fraction of sp³-hybridized carbons (Fsp3) is 0.471. The highest BCUT2D eigenvalue weighted by atomic mass is 35.5. The summed E-state index contributed by atoms with van der Waals surface area (Å²) in [5.41, 5.74) is 6.19. The van der Waals surface area contributed by atoms with Gasteiger partial charge in [0.2, 0.25) is 0 Å². The van der Waals surface area contributed by atoms with E-state index in [2.05, 4.69) is 33.5 Å². The third kappa shape index (κ3) is 3.44. The van der Waals surface area contributed by atoms with E-state index in [4.69, 9.17) is 11.6 Å². The lowest BCUT2D eigenvalue weighted by atomic mass is 10.2. The van der Waals surface area contributed by atoms with Crippen molar-refractivity contribution in [1.29, 1.82) is 0 Å². The quantitative estimate of drug-likeness (QED) is 0.697. The number of nitrogens with zero attached hydrogens (tertiary/aromatic N) is 5. The van der Waals surface area contributed by atoms with Gasteiger partial charge in [-0.1, -0.05) is 11.6 Å². The molecule has 0 aliphatic rings. The normalized spacial score (nSPS) is 11.5. The van der Waals surface area contributed by atoms with Crippen LogP contribution in [-0.4, -0.2) is 30.9 Å². The lowest BCUT2D eigenvalue weighted by molar-refractivity contribution is 0.640. The van der Waals surface area contributed by atoms with Gasteiger partial charge < -0.3 is 5.32 Å². The molecule has 0 unspecified atom stereocenters. The summed E-state index contributed by atoms with van der Waals surface area (Å²) in [6.07, 6.45) is 1.94. The van der Waals surface area contributed by atoms with Crippen molar-refractivity contribution < 1.29 is 0 Å². The second kappa shape index (κ2) is 6.91. The number of fused-ring (bicyclic) bond motifs is 1. The minimum Gasteiger partial charge on any atom is -0.312 e. The smallest absolute Gasteiger partial charge is 0.155 e. The summed E-state index contributed by atoms with van der Waals surface area (Å²) in [5, 5.41) is 13.1. The monoisotopic (exact) mass is 346 g/mol. The van der Waals surface area contributed by atoms with Gasteiger partial charge in [0.1, 0.15) is 5.15 Å². The van der Waals surface area contributed by atoms with Crippen molar-refractivity contribution in [2.45, 2.75) is 40.2 Å². The van der Waals surface area contributed by atoms with Gasteiger partial charge in [-0.05, 0) is 46.2 Å². The fourth-order valence-electron chi connectivity index (χ4n) is 2.94. The molecule has 0 atom stereocenters. The Labute approximate surface area is 146 Å². The molecule has 128 valence electrons. The molecule has 0 aliphatic carbocycles. The molecule has 0 amide bonds. The maximum atomic E-state index is 6.24. The molecule has 0 bridgehead atoms. The van der Waals surface area contributed by atoms with Crippen LogP contribution < -0.4 is 5.32 Å². The fourth-order valence-corrected chi connectivity index (χ4v) is 3.18. The second-order valence-corrected chi connectivity index (χ2v) is 6.56. The van der Waals surface area contributed by atoms with Gasteiger partial charge in [0, 0.05) is 36.6 Å². The zero-order valence-corrected chi connectivity index (χ0v) is 15.4. The Hall–Kier alpha value is -1.92. The van der Waals surface area contributed by atoms with Crippen LogP contribution in [0, 0.1) is 20.8 Å². The molecule has 1 N–H and O–H groups in total. The summed E-state index contributed by atoms with van der Waals surface area (Å²) in [4.78, 5) is 4.52. The zero-order chi connectivity index (χ0) is 17.3. The molecule has 0 aliphatic heterocycles. The minimum atomic E-state index is 0.706. The van der Waals surface area contributed by atoms with Crippen LogP contribution in [-0.2, 0) is 20.0 Å². The van der Waals surface area contributed by atoms with Crippen molar-refractivity contribution in [2.24, 2.45) is 7.05 Å². The largest absolute Gasteiger partial charge is 0.312 e. The van der Waals surface area contributed by atoms with E-state index >= 15 is 0 Å². The van der Waals surface area contributed by atoms with Crippen molar-refractivity contribution >= 4 is 17.2 Å². The van der Waals surface area contributed by atoms with Crippen molar-refractivity contribution in [1.82, 2.24) is 29.7 Å². The summed E-state index contributed by atoms with van der Waals surface area (Å²) < 4.78 is 3.62. The Morgan fingerprint density at radius 3 is 2.67 bits per heavy atom. The Kier molecular flexibility index (Phi) is 4.87. The topological polar surface area (TPSA) is 60.0 Å². The van der Waals surface area contributed by atoms with E-state index < -0.39 is 0 Å². The van der Waals surface area contributed by atoms with E-state index in [-0.39, 0.29) is 0 Å². The SMILES string of the molecule is Cc1cc(C)n2nc(CCCNCc3c(C)nn(C)c3Cl)cc2n1. The summed E-state index contributed by atoms with van der Waals surface area (Å²) in [6, 6.07) is 4.12. The number of aryl methyl sites for hydroxylation is 5. The first kappa shape index (κ1) is 16.9. The van der Waals surface area contributed by atoms with Gasteiger partial charge in [0.05, 0.1) is 11.4 Å². The maximum absolute atomic E-state index is 6.24. The number of nitrogens with one attached hydrogen (secondary N) is 1. The number of rotatable bonds is 6. The summed E-state index contributed by atoms with van der Waals surface area (Å²) in [7, 11) is 1.86. The average Bonchev–Trinajstić information content (AvgIpc) is 3.02. The highest BCUT2D eigenvalue weighted by molar-refractivity contribution is 6.30. The minimum absolute atomic E-state index is 0.706. The molecule has 0 radical (unpaired) electrons. The van der Waals surface area contributed by atoms with Crippen molar-refractivity contribution in [3.8, 4) is 0 Å². The molecular weight excluding hydrogens is 324 g/mol. The van der Waals surface area contributed by atoms with E-state index in [1.807, 2.05) is 31.5 Å². The van der Waals surface area contributed by atoms with E-state index in [0.29, 0.717) is 5.15 Å². The molecule has 0 fully saturated rings. The van der Waals surface area contributed by atoms with E-state index in [9.17, 15) is 0 Å². The molecule has 7 heteroatoms. The molecule has 3 rings (SSSR count). The number of aromatic nitrogens is 5. The first-order valence-corrected chi connectivity index (χ1v) is 8.55. The van der Waals surface area contributed by atoms with Crippen molar-refractivity contribution in [2.75, 3.05) is 6.54 Å². The predicted molar refractivity (Wildman–Crippen MR) is 95.4 cm³/mol. The van der Waals surface area contributed by atoms with Crippen LogP contribution in [0.15, 0.2) is 12.1 Å². The van der Waals surface area contributed by atoms with Crippen LogP contribution in [0.25, 0.3) is 5.65 Å². The lowest BCUT2D eigenvalue weighted by Gasteiger charge is -2.04. The van der Waals surface area contributed by atoms with E-state index in [1.165, 1.54) is 0 Å². The molecule has 0 aromatic carbocycles. The molecule has 0 spiro atoms. The van der Waals surface area contributed by atoms with Gasteiger partial charge >= 0.3 is 0 Å².